The Kier molecular flexibility index (Phi) is 4.52. The number of imidazole rings is 1. The van der Waals surface area contributed by atoms with Gasteiger partial charge in [-0.05, 0) is 17.7 Å². The van der Waals surface area contributed by atoms with E-state index in [1.165, 1.54) is 12.1 Å². The number of ether oxygens (including phenoxy) is 1. The first-order chi connectivity index (χ1) is 10.7. The van der Waals surface area contributed by atoms with Gasteiger partial charge in [0.15, 0.2) is 0 Å². The van der Waals surface area contributed by atoms with Crippen LogP contribution >= 0.6 is 0 Å². The maximum Gasteiger partial charge on any atom is 0.123 e. The topological polar surface area (TPSA) is 61.4 Å². The van der Waals surface area contributed by atoms with Crippen molar-refractivity contribution in [3.05, 3.63) is 53.9 Å². The first kappa shape index (κ1) is 15.1. The summed E-state index contributed by atoms with van der Waals surface area (Å²) in [6, 6.07) is 6.34. The van der Waals surface area contributed by atoms with Crippen LogP contribution in [0.2, 0.25) is 0 Å². The van der Waals surface area contributed by atoms with Gasteiger partial charge in [0.2, 0.25) is 0 Å². The highest BCUT2D eigenvalue weighted by Crippen LogP contribution is 2.24. The van der Waals surface area contributed by atoms with Gasteiger partial charge < -0.3 is 14.8 Å². The van der Waals surface area contributed by atoms with Gasteiger partial charge in [-0.3, -0.25) is 4.90 Å². The molecule has 1 aliphatic rings. The van der Waals surface area contributed by atoms with Crippen molar-refractivity contribution in [1.82, 2.24) is 14.9 Å². The van der Waals surface area contributed by atoms with Crippen LogP contribution < -0.4 is 0 Å². The summed E-state index contributed by atoms with van der Waals surface area (Å²) in [5, 5.41) is 9.85. The molecule has 1 aromatic heterocycles. The van der Waals surface area contributed by atoms with E-state index in [2.05, 4.69) is 14.9 Å². The van der Waals surface area contributed by atoms with Crippen LogP contribution in [-0.4, -0.2) is 51.9 Å². The van der Waals surface area contributed by atoms with Crippen LogP contribution in [0.5, 0.6) is 0 Å². The van der Waals surface area contributed by atoms with Gasteiger partial charge in [-0.25, -0.2) is 9.37 Å². The zero-order valence-electron chi connectivity index (χ0n) is 12.3. The molecule has 0 aliphatic carbocycles. The number of benzene rings is 1. The second kappa shape index (κ2) is 6.56. The summed E-state index contributed by atoms with van der Waals surface area (Å²) >= 11 is 0. The summed E-state index contributed by atoms with van der Waals surface area (Å²) in [6.45, 7) is 2.59. The lowest BCUT2D eigenvalue weighted by atomic mass is 9.93. The Morgan fingerprint density at radius 2 is 2.18 bits per heavy atom. The summed E-state index contributed by atoms with van der Waals surface area (Å²) in [4.78, 5) is 9.53. The Morgan fingerprint density at radius 3 is 2.86 bits per heavy atom. The predicted molar refractivity (Wildman–Crippen MR) is 79.7 cm³/mol. The van der Waals surface area contributed by atoms with Gasteiger partial charge in [0, 0.05) is 31.9 Å². The van der Waals surface area contributed by atoms with Crippen LogP contribution in [0.25, 0.3) is 0 Å². The molecule has 22 heavy (non-hydrogen) atoms. The Morgan fingerprint density at radius 1 is 1.36 bits per heavy atom. The number of halogens is 1. The van der Waals surface area contributed by atoms with E-state index in [0.29, 0.717) is 26.1 Å². The minimum absolute atomic E-state index is 0.0704. The SMILES string of the molecule is OCC1(Cc2ccc(F)cc2)CN(Cc2ncc[nH]2)CCO1. The Hall–Kier alpha value is -1.76. The normalized spacial score (nSPS) is 22.8. The molecule has 1 fully saturated rings. The number of H-pyrrole nitrogens is 1. The molecule has 1 unspecified atom stereocenters. The zero-order valence-corrected chi connectivity index (χ0v) is 12.3. The fraction of sp³-hybridized carbons (Fsp3) is 0.438. The predicted octanol–water partition coefficient (Wildman–Crippen LogP) is 1.35. The number of nitrogens with zero attached hydrogens (tertiary/aromatic N) is 2. The van der Waals surface area contributed by atoms with Gasteiger partial charge in [0.1, 0.15) is 17.2 Å². The first-order valence-corrected chi connectivity index (χ1v) is 7.39. The maximum atomic E-state index is 13.0. The van der Waals surface area contributed by atoms with Crippen LogP contribution in [-0.2, 0) is 17.7 Å². The highest BCUT2D eigenvalue weighted by molar-refractivity contribution is 5.19. The van der Waals surface area contributed by atoms with Crippen LogP contribution in [0.4, 0.5) is 4.39 Å². The van der Waals surface area contributed by atoms with Crippen molar-refractivity contribution in [2.45, 2.75) is 18.6 Å². The summed E-state index contributed by atoms with van der Waals surface area (Å²) in [5.41, 5.74) is 0.304. The smallest absolute Gasteiger partial charge is 0.123 e. The largest absolute Gasteiger partial charge is 0.393 e. The van der Waals surface area contributed by atoms with E-state index in [9.17, 15) is 9.50 Å². The van der Waals surface area contributed by atoms with Gasteiger partial charge in [0.25, 0.3) is 0 Å². The van der Waals surface area contributed by atoms with E-state index in [1.54, 1.807) is 24.5 Å². The third kappa shape index (κ3) is 3.52. The van der Waals surface area contributed by atoms with Crippen molar-refractivity contribution >= 4 is 0 Å². The zero-order chi connectivity index (χ0) is 15.4. The van der Waals surface area contributed by atoms with Crippen LogP contribution in [0.3, 0.4) is 0 Å². The molecule has 1 aliphatic heterocycles. The standard InChI is InChI=1S/C16H20FN3O2/c17-14-3-1-13(2-4-14)9-16(12-21)11-20(7-8-22-16)10-15-18-5-6-19-15/h1-6,21H,7-12H2,(H,18,19). The second-order valence-electron chi connectivity index (χ2n) is 5.74. The summed E-state index contributed by atoms with van der Waals surface area (Å²) < 4.78 is 18.9. The van der Waals surface area contributed by atoms with Crippen molar-refractivity contribution in [1.29, 1.82) is 0 Å². The molecule has 1 aromatic carbocycles. The Bertz CT molecular complexity index is 588. The Labute approximate surface area is 128 Å². The molecule has 1 atom stereocenters. The van der Waals surface area contributed by atoms with E-state index >= 15 is 0 Å². The lowest BCUT2D eigenvalue weighted by Gasteiger charge is -2.41. The number of aromatic amines is 1. The van der Waals surface area contributed by atoms with E-state index in [0.717, 1.165) is 17.9 Å². The molecule has 2 N–H and O–H groups in total. The van der Waals surface area contributed by atoms with Crippen LogP contribution in [0.15, 0.2) is 36.7 Å². The molecular weight excluding hydrogens is 285 g/mol. The summed E-state index contributed by atoms with van der Waals surface area (Å²) in [7, 11) is 0. The van der Waals surface area contributed by atoms with Crippen LogP contribution in [0, 0.1) is 5.82 Å². The van der Waals surface area contributed by atoms with E-state index in [-0.39, 0.29) is 12.4 Å². The van der Waals surface area contributed by atoms with Crippen LogP contribution in [0.1, 0.15) is 11.4 Å². The highest BCUT2D eigenvalue weighted by atomic mass is 19.1. The fourth-order valence-electron chi connectivity index (χ4n) is 2.89. The number of rotatable bonds is 5. The number of aliphatic hydroxyl groups excluding tert-OH is 1. The number of hydrogen-bond donors (Lipinski definition) is 2. The highest BCUT2D eigenvalue weighted by Gasteiger charge is 2.36. The van der Waals surface area contributed by atoms with Gasteiger partial charge in [0.05, 0.1) is 19.8 Å². The Balaban J connectivity index is 1.69. The van der Waals surface area contributed by atoms with Crippen molar-refractivity contribution in [2.75, 3.05) is 26.3 Å². The van der Waals surface area contributed by atoms with Crippen molar-refractivity contribution < 1.29 is 14.2 Å². The maximum absolute atomic E-state index is 13.0. The molecule has 0 bridgehead atoms. The molecule has 0 radical (unpaired) electrons. The first-order valence-electron chi connectivity index (χ1n) is 7.39. The average Bonchev–Trinajstić information content (AvgIpc) is 3.03. The number of nitrogens with one attached hydrogen (secondary N) is 1. The molecule has 6 heteroatoms. The summed E-state index contributed by atoms with van der Waals surface area (Å²) in [5.74, 6) is 0.640. The van der Waals surface area contributed by atoms with Gasteiger partial charge in [-0.2, -0.15) is 0 Å². The minimum Gasteiger partial charge on any atom is -0.393 e. The van der Waals surface area contributed by atoms with Gasteiger partial charge in [-0.1, -0.05) is 12.1 Å². The lowest BCUT2D eigenvalue weighted by Crippen LogP contribution is -2.55. The lowest BCUT2D eigenvalue weighted by molar-refractivity contribution is -0.134. The third-order valence-electron chi connectivity index (χ3n) is 3.98. The molecular formula is C16H20FN3O2. The van der Waals surface area contributed by atoms with Gasteiger partial charge in [-0.15, -0.1) is 0 Å². The number of hydrogen-bond acceptors (Lipinski definition) is 4. The van der Waals surface area contributed by atoms with Crippen molar-refractivity contribution in [2.24, 2.45) is 0 Å². The molecule has 0 amide bonds. The summed E-state index contributed by atoms with van der Waals surface area (Å²) in [6.07, 6.45) is 4.08. The van der Waals surface area contributed by atoms with E-state index in [4.69, 9.17) is 4.74 Å². The van der Waals surface area contributed by atoms with E-state index < -0.39 is 5.60 Å². The number of morpholine rings is 1. The van der Waals surface area contributed by atoms with Crippen molar-refractivity contribution in [3.8, 4) is 0 Å². The molecule has 3 rings (SSSR count). The second-order valence-corrected chi connectivity index (χ2v) is 5.74. The molecule has 1 saturated heterocycles. The fourth-order valence-corrected chi connectivity index (χ4v) is 2.89. The average molecular weight is 305 g/mol. The van der Waals surface area contributed by atoms with Gasteiger partial charge >= 0.3 is 0 Å². The third-order valence-corrected chi connectivity index (χ3v) is 3.98. The molecule has 0 spiro atoms. The molecule has 2 heterocycles. The van der Waals surface area contributed by atoms with E-state index in [1.807, 2.05) is 0 Å². The number of aromatic nitrogens is 2. The monoisotopic (exact) mass is 305 g/mol. The quantitative estimate of drug-likeness (QED) is 0.875. The molecule has 5 nitrogen and oxygen atoms in total. The molecule has 118 valence electrons. The minimum atomic E-state index is -0.650. The molecule has 0 saturated carbocycles. The number of aliphatic hydroxyl groups is 1. The molecule has 2 aromatic rings. The van der Waals surface area contributed by atoms with Crippen molar-refractivity contribution in [3.63, 3.8) is 0 Å².